The second-order valence-corrected chi connectivity index (χ2v) is 9.53. The van der Waals surface area contributed by atoms with E-state index in [-0.39, 0.29) is 5.69 Å². The lowest BCUT2D eigenvalue weighted by atomic mass is 10.2. The number of aromatic nitrogens is 4. The van der Waals surface area contributed by atoms with Gasteiger partial charge in [0.25, 0.3) is 0 Å². The van der Waals surface area contributed by atoms with E-state index in [1.54, 1.807) is 12.1 Å². The average Bonchev–Trinajstić information content (AvgIpc) is 3.11. The van der Waals surface area contributed by atoms with Crippen LogP contribution in [-0.4, -0.2) is 45.4 Å². The molecule has 0 saturated carbocycles. The summed E-state index contributed by atoms with van der Waals surface area (Å²) in [7, 11) is -3.52. The number of ketones is 1. The summed E-state index contributed by atoms with van der Waals surface area (Å²) in [6.45, 7) is 3.05. The Kier molecular flexibility index (Phi) is 5.38. The van der Waals surface area contributed by atoms with Gasteiger partial charge in [0.2, 0.25) is 0 Å². The average molecular weight is 406 g/mol. The SMILES string of the molecule is CC(C)S(=O)(=O)CC(=O)c1cccc(-c2nnc(-c3cncc(F)c3)s2)n1. The summed E-state index contributed by atoms with van der Waals surface area (Å²) in [6, 6.07) is 5.99. The number of pyridine rings is 2. The number of carbonyl (C=O) groups excluding carboxylic acids is 1. The van der Waals surface area contributed by atoms with Crippen LogP contribution in [0.15, 0.2) is 36.7 Å². The molecule has 0 radical (unpaired) electrons. The zero-order chi connectivity index (χ0) is 19.6. The van der Waals surface area contributed by atoms with Gasteiger partial charge in [0.15, 0.2) is 20.6 Å². The maximum atomic E-state index is 13.3. The molecule has 0 N–H and O–H groups in total. The van der Waals surface area contributed by atoms with Gasteiger partial charge in [-0.2, -0.15) is 0 Å². The van der Waals surface area contributed by atoms with Crippen LogP contribution in [-0.2, 0) is 9.84 Å². The monoisotopic (exact) mass is 406 g/mol. The van der Waals surface area contributed by atoms with Crippen molar-refractivity contribution < 1.29 is 17.6 Å². The summed E-state index contributed by atoms with van der Waals surface area (Å²) < 4.78 is 37.2. The van der Waals surface area contributed by atoms with Crippen LogP contribution in [0.5, 0.6) is 0 Å². The van der Waals surface area contributed by atoms with E-state index >= 15 is 0 Å². The predicted octanol–water partition coefficient (Wildman–Crippen LogP) is 2.81. The zero-order valence-electron chi connectivity index (χ0n) is 14.5. The van der Waals surface area contributed by atoms with Crippen molar-refractivity contribution in [2.45, 2.75) is 19.1 Å². The van der Waals surface area contributed by atoms with Gasteiger partial charge in [-0.25, -0.2) is 17.8 Å². The molecule has 3 aromatic heterocycles. The third kappa shape index (κ3) is 4.40. The van der Waals surface area contributed by atoms with Gasteiger partial charge in [-0.3, -0.25) is 9.78 Å². The molecule has 10 heteroatoms. The molecule has 0 unspecified atom stereocenters. The molecular formula is C17H15FN4O3S2. The van der Waals surface area contributed by atoms with Crippen molar-refractivity contribution in [3.05, 3.63) is 48.2 Å². The number of rotatable bonds is 6. The highest BCUT2D eigenvalue weighted by Crippen LogP contribution is 2.29. The molecule has 0 aliphatic heterocycles. The summed E-state index contributed by atoms with van der Waals surface area (Å²) in [4.78, 5) is 20.3. The van der Waals surface area contributed by atoms with Crippen LogP contribution in [0.3, 0.4) is 0 Å². The van der Waals surface area contributed by atoms with Crippen LogP contribution < -0.4 is 0 Å². The molecule has 0 aliphatic carbocycles. The number of nitrogens with zero attached hydrogens (tertiary/aromatic N) is 4. The number of carbonyl (C=O) groups is 1. The molecule has 0 fully saturated rings. The fourth-order valence-electron chi connectivity index (χ4n) is 2.10. The first-order valence-electron chi connectivity index (χ1n) is 7.93. The fourth-order valence-corrected chi connectivity index (χ4v) is 3.75. The normalized spacial score (nSPS) is 11.7. The van der Waals surface area contributed by atoms with Crippen LogP contribution >= 0.6 is 11.3 Å². The van der Waals surface area contributed by atoms with Crippen molar-refractivity contribution >= 4 is 27.0 Å². The molecule has 0 atom stereocenters. The molecule has 27 heavy (non-hydrogen) atoms. The Balaban J connectivity index is 1.87. The molecular weight excluding hydrogens is 391 g/mol. The van der Waals surface area contributed by atoms with Crippen LogP contribution in [0.4, 0.5) is 4.39 Å². The van der Waals surface area contributed by atoms with E-state index in [4.69, 9.17) is 0 Å². The Bertz CT molecular complexity index is 1100. The van der Waals surface area contributed by atoms with Gasteiger partial charge in [-0.15, -0.1) is 10.2 Å². The van der Waals surface area contributed by atoms with Gasteiger partial charge in [0.05, 0.1) is 11.4 Å². The van der Waals surface area contributed by atoms with Crippen LogP contribution in [0.1, 0.15) is 24.3 Å². The van der Waals surface area contributed by atoms with Crippen LogP contribution in [0, 0.1) is 5.82 Å². The zero-order valence-corrected chi connectivity index (χ0v) is 16.1. The standard InChI is InChI=1S/C17H15FN4O3S2/c1-10(2)27(24,25)9-15(23)13-4-3-5-14(20-13)17-22-21-16(26-17)11-6-12(18)8-19-7-11/h3-8,10H,9H2,1-2H3. The topological polar surface area (TPSA) is 103 Å². The first-order valence-corrected chi connectivity index (χ1v) is 10.5. The minimum Gasteiger partial charge on any atom is -0.291 e. The number of halogens is 1. The highest BCUT2D eigenvalue weighted by atomic mass is 32.2. The number of sulfone groups is 1. The summed E-state index contributed by atoms with van der Waals surface area (Å²) in [5.74, 6) is -1.66. The van der Waals surface area contributed by atoms with Crippen LogP contribution in [0.25, 0.3) is 21.3 Å². The van der Waals surface area contributed by atoms with Gasteiger partial charge in [-0.1, -0.05) is 17.4 Å². The largest absolute Gasteiger partial charge is 0.291 e. The van der Waals surface area contributed by atoms with E-state index in [1.807, 2.05) is 0 Å². The van der Waals surface area contributed by atoms with Gasteiger partial charge in [0.1, 0.15) is 28.0 Å². The summed E-state index contributed by atoms with van der Waals surface area (Å²) in [6.07, 6.45) is 2.56. The fraction of sp³-hybridized carbons (Fsp3) is 0.235. The lowest BCUT2D eigenvalue weighted by Gasteiger charge is -2.06. The first kappa shape index (κ1) is 19.2. The van der Waals surface area contributed by atoms with Gasteiger partial charge >= 0.3 is 0 Å². The van der Waals surface area contributed by atoms with Gasteiger partial charge in [-0.05, 0) is 32.0 Å². The lowest BCUT2D eigenvalue weighted by Crippen LogP contribution is -2.24. The maximum Gasteiger partial charge on any atom is 0.196 e. The minimum absolute atomic E-state index is 0.0425. The van der Waals surface area contributed by atoms with Gasteiger partial charge in [0, 0.05) is 11.8 Å². The Morgan fingerprint density at radius 2 is 1.93 bits per heavy atom. The lowest BCUT2D eigenvalue weighted by molar-refractivity contribution is 0.101. The first-order chi connectivity index (χ1) is 12.8. The highest BCUT2D eigenvalue weighted by molar-refractivity contribution is 7.92. The molecule has 3 rings (SSSR count). The molecule has 0 bridgehead atoms. The van der Waals surface area contributed by atoms with Crippen molar-refractivity contribution in [3.63, 3.8) is 0 Å². The maximum absolute atomic E-state index is 13.3. The van der Waals surface area contributed by atoms with Crippen molar-refractivity contribution in [2.75, 3.05) is 5.75 Å². The Morgan fingerprint density at radius 3 is 2.63 bits per heavy atom. The Morgan fingerprint density at radius 1 is 1.19 bits per heavy atom. The van der Waals surface area contributed by atoms with Crippen molar-refractivity contribution in [2.24, 2.45) is 0 Å². The second-order valence-electron chi connectivity index (χ2n) is 5.99. The molecule has 3 aromatic rings. The molecule has 7 nitrogen and oxygen atoms in total. The quantitative estimate of drug-likeness (QED) is 0.580. The smallest absolute Gasteiger partial charge is 0.196 e. The Labute approximate surface area is 159 Å². The van der Waals surface area contributed by atoms with E-state index in [9.17, 15) is 17.6 Å². The van der Waals surface area contributed by atoms with Gasteiger partial charge < -0.3 is 0 Å². The van der Waals surface area contributed by atoms with E-state index in [0.29, 0.717) is 21.3 Å². The molecule has 0 amide bonds. The minimum atomic E-state index is -3.52. The third-order valence-corrected chi connectivity index (χ3v) is 6.78. The van der Waals surface area contributed by atoms with E-state index in [1.165, 1.54) is 43.5 Å². The molecule has 0 aliphatic rings. The Hall–Kier alpha value is -2.59. The van der Waals surface area contributed by atoms with Crippen molar-refractivity contribution in [1.82, 2.24) is 20.2 Å². The molecule has 0 aromatic carbocycles. The summed E-state index contributed by atoms with van der Waals surface area (Å²) in [5.41, 5.74) is 0.908. The molecule has 3 heterocycles. The summed E-state index contributed by atoms with van der Waals surface area (Å²) >= 11 is 1.17. The van der Waals surface area contributed by atoms with E-state index in [2.05, 4.69) is 20.2 Å². The second kappa shape index (κ2) is 7.57. The van der Waals surface area contributed by atoms with E-state index in [0.717, 1.165) is 6.20 Å². The predicted molar refractivity (Wildman–Crippen MR) is 99.6 cm³/mol. The highest BCUT2D eigenvalue weighted by Gasteiger charge is 2.23. The number of Topliss-reactive ketones (excluding diaryl/α,β-unsaturated/α-hetero) is 1. The third-order valence-electron chi connectivity index (χ3n) is 3.68. The number of hydrogen-bond acceptors (Lipinski definition) is 8. The molecule has 0 spiro atoms. The van der Waals surface area contributed by atoms with Crippen molar-refractivity contribution in [3.8, 4) is 21.3 Å². The van der Waals surface area contributed by atoms with Crippen molar-refractivity contribution in [1.29, 1.82) is 0 Å². The van der Waals surface area contributed by atoms with Crippen LogP contribution in [0.2, 0.25) is 0 Å². The van der Waals surface area contributed by atoms with E-state index < -0.39 is 32.4 Å². The molecule has 140 valence electrons. The number of hydrogen-bond donors (Lipinski definition) is 0. The summed E-state index contributed by atoms with van der Waals surface area (Å²) in [5, 5.41) is 8.26. The molecule has 0 saturated heterocycles.